The Bertz CT molecular complexity index is 1270. The van der Waals surface area contributed by atoms with Crippen LogP contribution < -0.4 is 4.57 Å². The average molecular weight is 363 g/mol. The first-order chi connectivity index (χ1) is 13.6. The van der Waals surface area contributed by atoms with E-state index in [1.54, 1.807) is 0 Å². The Labute approximate surface area is 165 Å². The minimum Gasteiger partial charge on any atom is -0.233 e. The lowest BCUT2D eigenvalue weighted by Gasteiger charge is -2.17. The first kappa shape index (κ1) is 15.9. The third-order valence-electron chi connectivity index (χ3n) is 6.70. The van der Waals surface area contributed by atoms with Crippen LogP contribution in [-0.2, 0) is 26.9 Å². The van der Waals surface area contributed by atoms with Gasteiger partial charge in [-0.05, 0) is 69.8 Å². The summed E-state index contributed by atoms with van der Waals surface area (Å²) in [4.78, 5) is 0. The maximum Gasteiger partial charge on any atom is 0.288 e. The van der Waals surface area contributed by atoms with Crippen molar-refractivity contribution in [3.63, 3.8) is 0 Å². The molecule has 0 fully saturated rings. The van der Waals surface area contributed by atoms with Crippen molar-refractivity contribution in [1.29, 1.82) is 0 Å². The lowest BCUT2D eigenvalue weighted by molar-refractivity contribution is -0.659. The molecule has 6 rings (SSSR count). The monoisotopic (exact) mass is 363 g/mol. The highest BCUT2D eigenvalue weighted by Gasteiger charge is 2.35. The summed E-state index contributed by atoms with van der Waals surface area (Å²) >= 11 is 0. The lowest BCUT2D eigenvalue weighted by atomic mass is 9.86. The Morgan fingerprint density at radius 3 is 1.96 bits per heavy atom. The molecule has 0 amide bonds. The van der Waals surface area contributed by atoms with Gasteiger partial charge in [0.15, 0.2) is 0 Å². The van der Waals surface area contributed by atoms with Crippen molar-refractivity contribution in [2.45, 2.75) is 19.8 Å². The quantitative estimate of drug-likeness (QED) is 0.365. The van der Waals surface area contributed by atoms with Crippen LogP contribution >= 0.6 is 0 Å². The van der Waals surface area contributed by atoms with Crippen LogP contribution in [0.25, 0.3) is 33.6 Å². The largest absolute Gasteiger partial charge is 0.288 e. The predicted molar refractivity (Wildman–Crippen MR) is 113 cm³/mol. The Balaban J connectivity index is 1.79. The third-order valence-corrected chi connectivity index (χ3v) is 6.70. The minimum absolute atomic E-state index is 1.02. The first-order valence-corrected chi connectivity index (χ1v) is 10.0. The molecule has 136 valence electrons. The fourth-order valence-corrected chi connectivity index (χ4v) is 5.45. The molecule has 28 heavy (non-hydrogen) atoms. The molecule has 2 heteroatoms. The molecule has 0 saturated carbocycles. The summed E-state index contributed by atoms with van der Waals surface area (Å²) < 4.78 is 4.53. The van der Waals surface area contributed by atoms with Crippen LogP contribution in [0, 0.1) is 6.92 Å². The summed E-state index contributed by atoms with van der Waals surface area (Å²) in [5.41, 5.74) is 14.6. The zero-order valence-electron chi connectivity index (χ0n) is 16.6. The lowest BCUT2D eigenvalue weighted by Crippen LogP contribution is -2.29. The van der Waals surface area contributed by atoms with Gasteiger partial charge in [0.25, 0.3) is 5.82 Å². The van der Waals surface area contributed by atoms with Crippen molar-refractivity contribution in [2.75, 3.05) is 0 Å². The van der Waals surface area contributed by atoms with Crippen LogP contribution in [0.4, 0.5) is 0 Å². The summed E-state index contributed by atoms with van der Waals surface area (Å²) in [6, 6.07) is 17.9. The van der Waals surface area contributed by atoms with Gasteiger partial charge < -0.3 is 0 Å². The smallest absolute Gasteiger partial charge is 0.233 e. The normalized spacial score (nSPS) is 13.2. The molecule has 2 aliphatic rings. The number of benzene rings is 3. The highest BCUT2D eigenvalue weighted by Crippen LogP contribution is 2.53. The summed E-state index contributed by atoms with van der Waals surface area (Å²) in [7, 11) is 4.32. The molecule has 0 bridgehead atoms. The summed E-state index contributed by atoms with van der Waals surface area (Å²) in [5, 5.41) is 0. The van der Waals surface area contributed by atoms with Gasteiger partial charge in [-0.3, -0.25) is 0 Å². The van der Waals surface area contributed by atoms with Crippen LogP contribution in [0.2, 0.25) is 0 Å². The molecule has 0 unspecified atom stereocenters. The molecule has 4 aromatic rings. The number of aryl methyl sites for hydroxylation is 2. The highest BCUT2D eigenvalue weighted by atomic mass is 15.1. The molecule has 0 spiro atoms. The molecule has 2 nitrogen and oxygen atoms in total. The predicted octanol–water partition coefficient (Wildman–Crippen LogP) is 4.97. The Morgan fingerprint density at radius 1 is 0.786 bits per heavy atom. The topological polar surface area (TPSA) is 8.81 Å². The van der Waals surface area contributed by atoms with Gasteiger partial charge in [-0.2, -0.15) is 0 Å². The number of fused-ring (bicyclic) bond motifs is 7. The van der Waals surface area contributed by atoms with Crippen LogP contribution in [0.15, 0.2) is 60.9 Å². The van der Waals surface area contributed by atoms with E-state index in [1.165, 1.54) is 61.5 Å². The number of rotatable bonds is 1. The van der Waals surface area contributed by atoms with E-state index in [9.17, 15) is 0 Å². The summed E-state index contributed by atoms with van der Waals surface area (Å²) in [6.45, 7) is 2.33. The van der Waals surface area contributed by atoms with E-state index in [0.29, 0.717) is 0 Å². The number of hydrogen-bond acceptors (Lipinski definition) is 0. The zero-order chi connectivity index (χ0) is 19.0. The first-order valence-electron chi connectivity index (χ1n) is 10.0. The van der Waals surface area contributed by atoms with Gasteiger partial charge in [-0.1, -0.05) is 48.5 Å². The minimum atomic E-state index is 1.02. The van der Waals surface area contributed by atoms with Gasteiger partial charge in [0.2, 0.25) is 0 Å². The zero-order valence-corrected chi connectivity index (χ0v) is 16.6. The van der Waals surface area contributed by atoms with Crippen molar-refractivity contribution < 1.29 is 4.57 Å². The van der Waals surface area contributed by atoms with E-state index in [1.807, 2.05) is 0 Å². The Kier molecular flexibility index (Phi) is 3.09. The van der Waals surface area contributed by atoms with Crippen LogP contribution in [0.3, 0.4) is 0 Å². The van der Waals surface area contributed by atoms with Crippen molar-refractivity contribution in [3.8, 4) is 33.6 Å². The fraction of sp³-hybridized carbons (Fsp3) is 0.192. The van der Waals surface area contributed by atoms with Crippen molar-refractivity contribution in [1.82, 2.24) is 4.57 Å². The SMILES string of the molecule is Cc1c2c(c3c(c1-c1n(C)cc[n+]1C)Cc1ccccc1-3)-c1ccccc1C2. The maximum absolute atomic E-state index is 2.33. The second-order valence-electron chi connectivity index (χ2n) is 8.22. The van der Waals surface area contributed by atoms with Gasteiger partial charge in [-0.25, -0.2) is 9.13 Å². The molecule has 1 aromatic heterocycles. The number of nitrogens with zero attached hydrogens (tertiary/aromatic N) is 2. The molecular formula is C26H23N2+. The fourth-order valence-electron chi connectivity index (χ4n) is 5.45. The molecule has 0 radical (unpaired) electrons. The average Bonchev–Trinajstić information content (AvgIpc) is 3.36. The van der Waals surface area contributed by atoms with Crippen molar-refractivity contribution in [2.24, 2.45) is 14.1 Å². The van der Waals surface area contributed by atoms with Gasteiger partial charge >= 0.3 is 0 Å². The standard InChI is InChI=1S/C26H23N2/c1-16-21-14-17-8-4-6-10-19(17)24(21)25-20-11-7-5-9-18(20)15-22(25)23(16)26-27(2)12-13-28(26)3/h4-13H,14-15H2,1-3H3/q+1. The van der Waals surface area contributed by atoms with E-state index in [0.717, 1.165) is 12.8 Å². The van der Waals surface area contributed by atoms with Gasteiger partial charge in [-0.15, -0.1) is 0 Å². The van der Waals surface area contributed by atoms with Crippen molar-refractivity contribution in [3.05, 3.63) is 88.7 Å². The van der Waals surface area contributed by atoms with E-state index in [4.69, 9.17) is 0 Å². The number of hydrogen-bond donors (Lipinski definition) is 0. The van der Waals surface area contributed by atoms with Gasteiger partial charge in [0.1, 0.15) is 12.4 Å². The van der Waals surface area contributed by atoms with Gasteiger partial charge in [0.05, 0.1) is 19.7 Å². The van der Waals surface area contributed by atoms with Crippen LogP contribution in [0.5, 0.6) is 0 Å². The third kappa shape index (κ3) is 1.90. The van der Waals surface area contributed by atoms with Crippen LogP contribution in [0.1, 0.15) is 27.8 Å². The second kappa shape index (κ2) is 5.45. The highest BCUT2D eigenvalue weighted by molar-refractivity contribution is 5.99. The Hall–Kier alpha value is -3.13. The molecular weight excluding hydrogens is 340 g/mol. The van der Waals surface area contributed by atoms with E-state index in [2.05, 4.69) is 91.1 Å². The molecule has 0 atom stereocenters. The molecule has 1 heterocycles. The summed E-state index contributed by atoms with van der Waals surface area (Å²) in [5.74, 6) is 1.29. The summed E-state index contributed by atoms with van der Waals surface area (Å²) in [6.07, 6.45) is 6.37. The molecule has 3 aromatic carbocycles. The van der Waals surface area contributed by atoms with E-state index >= 15 is 0 Å². The van der Waals surface area contributed by atoms with Crippen molar-refractivity contribution >= 4 is 0 Å². The number of aromatic nitrogens is 2. The van der Waals surface area contributed by atoms with E-state index in [-0.39, 0.29) is 0 Å². The maximum atomic E-state index is 2.33. The molecule has 0 N–H and O–H groups in total. The van der Waals surface area contributed by atoms with Gasteiger partial charge in [0, 0.05) is 0 Å². The number of imidazole rings is 1. The second-order valence-corrected chi connectivity index (χ2v) is 8.22. The molecule has 0 saturated heterocycles. The van der Waals surface area contributed by atoms with E-state index < -0.39 is 0 Å². The Morgan fingerprint density at radius 2 is 1.36 bits per heavy atom. The molecule has 2 aliphatic carbocycles. The van der Waals surface area contributed by atoms with Crippen LogP contribution in [-0.4, -0.2) is 4.57 Å². The molecule has 0 aliphatic heterocycles.